The number of carbonyl (C=O) groups is 1. The highest BCUT2D eigenvalue weighted by atomic mass is 16.5. The third-order valence-corrected chi connectivity index (χ3v) is 3.50. The summed E-state index contributed by atoms with van der Waals surface area (Å²) < 4.78 is 7.02. The van der Waals surface area contributed by atoms with Crippen molar-refractivity contribution in [3.8, 4) is 0 Å². The van der Waals surface area contributed by atoms with E-state index >= 15 is 0 Å². The van der Waals surface area contributed by atoms with Crippen LogP contribution in [0, 0.1) is 6.92 Å². The van der Waals surface area contributed by atoms with Gasteiger partial charge in [0, 0.05) is 0 Å². The normalized spacial score (nSPS) is 10.9. The quantitative estimate of drug-likeness (QED) is 0.790. The fourth-order valence-corrected chi connectivity index (χ4v) is 2.44. The Labute approximate surface area is 125 Å². The third kappa shape index (κ3) is 3.32. The first-order chi connectivity index (χ1) is 10.0. The van der Waals surface area contributed by atoms with Crippen molar-refractivity contribution in [2.24, 2.45) is 0 Å². The number of aromatic nitrogens is 2. The molecule has 1 aromatic carbocycles. The molecule has 0 saturated carbocycles. The smallest absolute Gasteiger partial charge is 0.341 e. The molecule has 4 nitrogen and oxygen atoms in total. The van der Waals surface area contributed by atoms with Gasteiger partial charge >= 0.3 is 5.97 Å². The summed E-state index contributed by atoms with van der Waals surface area (Å²) in [4.78, 5) is 12.0. The molecule has 4 heteroatoms. The second kappa shape index (κ2) is 6.57. The highest BCUT2D eigenvalue weighted by Gasteiger charge is 2.21. The Morgan fingerprint density at radius 3 is 2.67 bits per heavy atom. The molecular formula is C17H22N2O2. The highest BCUT2D eigenvalue weighted by molar-refractivity contribution is 5.90. The largest absolute Gasteiger partial charge is 0.462 e. The molecule has 0 aliphatic heterocycles. The number of carbonyl (C=O) groups excluding carboxylic acids is 1. The SMILES string of the molecule is CCOC(=O)c1cnn(Cc2ccccc2C)c1C(C)C. The molecule has 2 aromatic rings. The lowest BCUT2D eigenvalue weighted by molar-refractivity contribution is 0.0524. The third-order valence-electron chi connectivity index (χ3n) is 3.50. The Hall–Kier alpha value is -2.10. The van der Waals surface area contributed by atoms with Gasteiger partial charge in [-0.3, -0.25) is 4.68 Å². The molecule has 0 bridgehead atoms. The standard InChI is InChI=1S/C17H22N2O2/c1-5-21-17(20)15-10-18-19(16(15)12(2)3)11-14-9-7-6-8-13(14)4/h6-10,12H,5,11H2,1-4H3. The van der Waals surface area contributed by atoms with Gasteiger partial charge in [0.1, 0.15) is 5.56 Å². The molecule has 0 aliphatic carbocycles. The number of hydrogen-bond donors (Lipinski definition) is 0. The van der Waals surface area contributed by atoms with Crippen LogP contribution in [-0.2, 0) is 11.3 Å². The van der Waals surface area contributed by atoms with Crippen LogP contribution in [0.2, 0.25) is 0 Å². The van der Waals surface area contributed by atoms with Crippen molar-refractivity contribution in [2.45, 2.75) is 40.2 Å². The lowest BCUT2D eigenvalue weighted by Crippen LogP contribution is -2.13. The average Bonchev–Trinajstić information content (AvgIpc) is 2.85. The van der Waals surface area contributed by atoms with Crippen LogP contribution in [0.1, 0.15) is 53.9 Å². The minimum atomic E-state index is -0.294. The molecule has 0 fully saturated rings. The van der Waals surface area contributed by atoms with E-state index < -0.39 is 0 Å². The van der Waals surface area contributed by atoms with Crippen molar-refractivity contribution in [2.75, 3.05) is 6.61 Å². The van der Waals surface area contributed by atoms with Crippen LogP contribution >= 0.6 is 0 Å². The van der Waals surface area contributed by atoms with Crippen LogP contribution in [0.3, 0.4) is 0 Å². The van der Waals surface area contributed by atoms with Gasteiger partial charge in [-0.2, -0.15) is 5.10 Å². The molecule has 0 aliphatic rings. The highest BCUT2D eigenvalue weighted by Crippen LogP contribution is 2.22. The lowest BCUT2D eigenvalue weighted by Gasteiger charge is -2.13. The summed E-state index contributed by atoms with van der Waals surface area (Å²) in [5, 5.41) is 4.39. The van der Waals surface area contributed by atoms with Gasteiger partial charge in [-0.05, 0) is 30.9 Å². The number of rotatable bonds is 5. The van der Waals surface area contributed by atoms with Crippen molar-refractivity contribution in [1.82, 2.24) is 9.78 Å². The summed E-state index contributed by atoms with van der Waals surface area (Å²) in [7, 11) is 0. The summed E-state index contributed by atoms with van der Waals surface area (Å²) in [6.07, 6.45) is 1.62. The summed E-state index contributed by atoms with van der Waals surface area (Å²) in [5.41, 5.74) is 3.93. The number of nitrogens with zero attached hydrogens (tertiary/aromatic N) is 2. The molecule has 1 aromatic heterocycles. The van der Waals surface area contributed by atoms with Crippen molar-refractivity contribution in [3.63, 3.8) is 0 Å². The van der Waals surface area contributed by atoms with E-state index in [2.05, 4.69) is 38.0 Å². The first kappa shape index (κ1) is 15.3. The van der Waals surface area contributed by atoms with Crippen LogP contribution < -0.4 is 0 Å². The van der Waals surface area contributed by atoms with Crippen molar-refractivity contribution >= 4 is 5.97 Å². The Balaban J connectivity index is 2.36. The van der Waals surface area contributed by atoms with E-state index in [0.29, 0.717) is 18.7 Å². The van der Waals surface area contributed by atoms with Crippen molar-refractivity contribution in [3.05, 3.63) is 52.8 Å². The van der Waals surface area contributed by atoms with E-state index in [1.807, 2.05) is 23.7 Å². The molecule has 1 heterocycles. The van der Waals surface area contributed by atoms with Crippen LogP contribution in [0.15, 0.2) is 30.5 Å². The first-order valence-corrected chi connectivity index (χ1v) is 7.32. The molecule has 0 radical (unpaired) electrons. The Morgan fingerprint density at radius 2 is 2.05 bits per heavy atom. The Morgan fingerprint density at radius 1 is 1.33 bits per heavy atom. The van der Waals surface area contributed by atoms with Gasteiger partial charge in [-0.25, -0.2) is 4.79 Å². The molecule has 21 heavy (non-hydrogen) atoms. The van der Waals surface area contributed by atoms with Gasteiger partial charge in [-0.15, -0.1) is 0 Å². The van der Waals surface area contributed by atoms with Crippen LogP contribution in [0.25, 0.3) is 0 Å². The van der Waals surface area contributed by atoms with Gasteiger partial charge in [0.25, 0.3) is 0 Å². The van der Waals surface area contributed by atoms with Gasteiger partial charge in [0.15, 0.2) is 0 Å². The van der Waals surface area contributed by atoms with Crippen LogP contribution in [0.4, 0.5) is 0 Å². The fraction of sp³-hybridized carbons (Fsp3) is 0.412. The predicted octanol–water partition coefficient (Wildman–Crippen LogP) is 3.54. The molecular weight excluding hydrogens is 264 g/mol. The number of benzene rings is 1. The van der Waals surface area contributed by atoms with Crippen LogP contribution in [-0.4, -0.2) is 22.4 Å². The molecule has 0 atom stereocenters. The van der Waals surface area contributed by atoms with Gasteiger partial charge < -0.3 is 4.74 Å². The summed E-state index contributed by atoms with van der Waals surface area (Å²) in [6.45, 7) is 9.06. The van der Waals surface area contributed by atoms with Crippen molar-refractivity contribution < 1.29 is 9.53 Å². The number of esters is 1. The maximum atomic E-state index is 12.0. The number of aryl methyl sites for hydroxylation is 1. The molecule has 0 unspecified atom stereocenters. The van der Waals surface area contributed by atoms with E-state index in [1.165, 1.54) is 11.1 Å². The summed E-state index contributed by atoms with van der Waals surface area (Å²) in [6, 6.07) is 8.22. The zero-order valence-corrected chi connectivity index (χ0v) is 13.1. The monoisotopic (exact) mass is 286 g/mol. The zero-order valence-electron chi connectivity index (χ0n) is 13.1. The first-order valence-electron chi connectivity index (χ1n) is 7.32. The topological polar surface area (TPSA) is 44.1 Å². The Bertz CT molecular complexity index is 629. The molecule has 0 N–H and O–H groups in total. The second-order valence-electron chi connectivity index (χ2n) is 5.40. The predicted molar refractivity (Wildman–Crippen MR) is 82.6 cm³/mol. The molecule has 0 amide bonds. The maximum Gasteiger partial charge on any atom is 0.341 e. The average molecular weight is 286 g/mol. The Kier molecular flexibility index (Phi) is 4.78. The van der Waals surface area contributed by atoms with E-state index in [-0.39, 0.29) is 11.9 Å². The molecule has 112 valence electrons. The van der Waals surface area contributed by atoms with Gasteiger partial charge in [0.2, 0.25) is 0 Å². The molecule has 0 spiro atoms. The van der Waals surface area contributed by atoms with Crippen LogP contribution in [0.5, 0.6) is 0 Å². The van der Waals surface area contributed by atoms with Gasteiger partial charge in [-0.1, -0.05) is 38.1 Å². The number of ether oxygens (including phenoxy) is 1. The van der Waals surface area contributed by atoms with E-state index in [0.717, 1.165) is 5.69 Å². The second-order valence-corrected chi connectivity index (χ2v) is 5.40. The summed E-state index contributed by atoms with van der Waals surface area (Å²) >= 11 is 0. The number of hydrogen-bond acceptors (Lipinski definition) is 3. The van der Waals surface area contributed by atoms with E-state index in [9.17, 15) is 4.79 Å². The van der Waals surface area contributed by atoms with E-state index in [4.69, 9.17) is 4.74 Å². The van der Waals surface area contributed by atoms with Gasteiger partial charge in [0.05, 0.1) is 25.0 Å². The molecule has 0 saturated heterocycles. The minimum absolute atomic E-state index is 0.205. The maximum absolute atomic E-state index is 12.0. The minimum Gasteiger partial charge on any atom is -0.462 e. The lowest BCUT2D eigenvalue weighted by atomic mass is 10.0. The fourth-order valence-electron chi connectivity index (χ4n) is 2.44. The van der Waals surface area contributed by atoms with Crippen molar-refractivity contribution in [1.29, 1.82) is 0 Å². The zero-order chi connectivity index (χ0) is 15.4. The van der Waals surface area contributed by atoms with E-state index in [1.54, 1.807) is 6.20 Å². The summed E-state index contributed by atoms with van der Waals surface area (Å²) in [5.74, 6) is -0.0897. The molecule has 2 rings (SSSR count).